The fraction of sp³-hybridized carbons (Fsp3) is 0.143. The first-order chi connectivity index (χ1) is 8.88. The first-order valence-corrected chi connectivity index (χ1v) is 7.52. The Hall–Kier alpha value is -0.450. The van der Waals surface area contributed by atoms with Gasteiger partial charge >= 0.3 is 0 Å². The van der Waals surface area contributed by atoms with Crippen LogP contribution in [-0.4, -0.2) is 0 Å². The van der Waals surface area contributed by atoms with Crippen LogP contribution >= 0.6 is 43.5 Å². The minimum Gasteiger partial charge on any atom is -0.207 e. The van der Waals surface area contributed by atoms with E-state index in [1.54, 1.807) is 13.0 Å². The summed E-state index contributed by atoms with van der Waals surface area (Å²) in [6.45, 7) is 1.79. The van der Waals surface area contributed by atoms with E-state index in [2.05, 4.69) is 31.9 Å². The molecule has 19 heavy (non-hydrogen) atoms. The highest BCUT2D eigenvalue weighted by Crippen LogP contribution is 2.36. The maximum atomic E-state index is 14.0. The second-order valence-corrected chi connectivity index (χ2v) is 6.39. The third-order valence-electron chi connectivity index (χ3n) is 2.67. The summed E-state index contributed by atoms with van der Waals surface area (Å²) in [5.41, 5.74) is 1.80. The van der Waals surface area contributed by atoms with Gasteiger partial charge in [-0.15, -0.1) is 0 Å². The van der Waals surface area contributed by atoms with Gasteiger partial charge in [0.15, 0.2) is 0 Å². The summed E-state index contributed by atoms with van der Waals surface area (Å²) in [5.74, 6) is -0.747. The van der Waals surface area contributed by atoms with Gasteiger partial charge in [0.25, 0.3) is 0 Å². The van der Waals surface area contributed by atoms with E-state index in [4.69, 9.17) is 11.6 Å². The molecule has 0 spiro atoms. The molecule has 0 nitrogen and oxygen atoms in total. The number of benzene rings is 2. The van der Waals surface area contributed by atoms with Crippen LogP contribution in [0.4, 0.5) is 8.78 Å². The Kier molecular flexibility index (Phi) is 4.64. The number of aryl methyl sites for hydroxylation is 1. The fourth-order valence-corrected chi connectivity index (χ4v) is 2.93. The van der Waals surface area contributed by atoms with E-state index >= 15 is 0 Å². The first-order valence-electron chi connectivity index (χ1n) is 5.44. The van der Waals surface area contributed by atoms with Crippen LogP contribution in [0.1, 0.15) is 21.5 Å². The van der Waals surface area contributed by atoms with E-state index in [0.717, 1.165) is 5.56 Å². The average molecular weight is 410 g/mol. The average Bonchev–Trinajstić information content (AvgIpc) is 2.31. The van der Waals surface area contributed by atoms with Crippen LogP contribution in [0.2, 0.25) is 5.02 Å². The molecule has 0 aliphatic heterocycles. The van der Waals surface area contributed by atoms with Gasteiger partial charge in [-0.2, -0.15) is 0 Å². The number of halogens is 5. The van der Waals surface area contributed by atoms with Crippen molar-refractivity contribution in [2.24, 2.45) is 0 Å². The summed E-state index contributed by atoms with van der Waals surface area (Å²) < 4.78 is 27.8. The topological polar surface area (TPSA) is 0 Å². The molecule has 0 radical (unpaired) electrons. The van der Waals surface area contributed by atoms with Crippen LogP contribution in [-0.2, 0) is 0 Å². The van der Waals surface area contributed by atoms with Crippen molar-refractivity contribution >= 4 is 43.5 Å². The molecule has 0 saturated heterocycles. The van der Waals surface area contributed by atoms with Gasteiger partial charge in [0.05, 0.1) is 9.85 Å². The molecule has 0 N–H and O–H groups in total. The lowest BCUT2D eigenvalue weighted by molar-refractivity contribution is 0.610. The number of rotatable bonds is 2. The predicted octanol–water partition coefficient (Wildman–Crippen LogP) is 6.17. The van der Waals surface area contributed by atoms with Crippen LogP contribution in [0.3, 0.4) is 0 Å². The molecule has 100 valence electrons. The Balaban J connectivity index is 2.49. The SMILES string of the molecule is Cc1cc(F)cc(C(Br)c2cc(Cl)c(Br)cc2F)c1. The molecule has 0 amide bonds. The van der Waals surface area contributed by atoms with E-state index < -0.39 is 10.6 Å². The standard InChI is InChI=1S/C14H9Br2ClF2/c1-7-2-8(4-9(18)3-7)14(16)10-5-12(17)11(15)6-13(10)19/h2-6,14H,1H3. The molecular formula is C14H9Br2ClF2. The van der Waals surface area contributed by atoms with E-state index in [-0.39, 0.29) is 5.82 Å². The second kappa shape index (κ2) is 5.90. The highest BCUT2D eigenvalue weighted by atomic mass is 79.9. The maximum Gasteiger partial charge on any atom is 0.129 e. The van der Waals surface area contributed by atoms with Gasteiger partial charge in [-0.25, -0.2) is 8.78 Å². The van der Waals surface area contributed by atoms with Crippen molar-refractivity contribution in [2.75, 3.05) is 0 Å². The zero-order valence-corrected chi connectivity index (χ0v) is 13.8. The van der Waals surface area contributed by atoms with E-state index in [9.17, 15) is 8.78 Å². The van der Waals surface area contributed by atoms with Crippen molar-refractivity contribution in [1.29, 1.82) is 0 Å². The maximum absolute atomic E-state index is 14.0. The lowest BCUT2D eigenvalue weighted by Gasteiger charge is -2.14. The summed E-state index contributed by atoms with van der Waals surface area (Å²) in [5, 5.41) is 0.411. The third-order valence-corrected chi connectivity index (χ3v) is 4.89. The third kappa shape index (κ3) is 3.36. The van der Waals surface area contributed by atoms with E-state index in [1.165, 1.54) is 24.3 Å². The van der Waals surface area contributed by atoms with Crippen molar-refractivity contribution in [3.8, 4) is 0 Å². The number of hydrogen-bond acceptors (Lipinski definition) is 0. The molecule has 0 saturated carbocycles. The molecule has 0 aliphatic carbocycles. The lowest BCUT2D eigenvalue weighted by Crippen LogP contribution is -1.98. The minimum atomic E-state index is -0.451. The van der Waals surface area contributed by atoms with Crippen LogP contribution in [0.5, 0.6) is 0 Å². The normalized spacial score (nSPS) is 12.5. The van der Waals surface area contributed by atoms with Crippen molar-refractivity contribution in [3.05, 3.63) is 68.2 Å². The van der Waals surface area contributed by atoms with Gasteiger partial charge in [0.1, 0.15) is 11.6 Å². The highest BCUT2D eigenvalue weighted by molar-refractivity contribution is 9.10. The molecule has 0 aromatic heterocycles. The van der Waals surface area contributed by atoms with E-state index in [0.29, 0.717) is 20.6 Å². The van der Waals surface area contributed by atoms with Crippen LogP contribution < -0.4 is 0 Å². The smallest absolute Gasteiger partial charge is 0.129 e. The zero-order chi connectivity index (χ0) is 14.2. The Morgan fingerprint density at radius 2 is 1.79 bits per heavy atom. The fourth-order valence-electron chi connectivity index (χ4n) is 1.82. The van der Waals surface area contributed by atoms with Crippen molar-refractivity contribution in [3.63, 3.8) is 0 Å². The Morgan fingerprint density at radius 3 is 2.42 bits per heavy atom. The highest BCUT2D eigenvalue weighted by Gasteiger charge is 2.17. The van der Waals surface area contributed by atoms with Crippen molar-refractivity contribution < 1.29 is 8.78 Å². The molecule has 0 fully saturated rings. The van der Waals surface area contributed by atoms with Crippen LogP contribution in [0.15, 0.2) is 34.8 Å². The van der Waals surface area contributed by atoms with E-state index in [1.807, 2.05) is 0 Å². The lowest BCUT2D eigenvalue weighted by atomic mass is 10.0. The summed E-state index contributed by atoms with van der Waals surface area (Å²) in [4.78, 5) is -0.451. The second-order valence-electron chi connectivity index (χ2n) is 4.21. The zero-order valence-electron chi connectivity index (χ0n) is 9.85. The molecule has 1 atom stereocenters. The molecule has 0 aliphatic rings. The molecule has 2 aromatic carbocycles. The number of alkyl halides is 1. The Morgan fingerprint density at radius 1 is 1.11 bits per heavy atom. The summed E-state index contributed by atoms with van der Waals surface area (Å²) >= 11 is 12.5. The van der Waals surface area contributed by atoms with Gasteiger partial charge in [-0.05, 0) is 58.2 Å². The predicted molar refractivity (Wildman–Crippen MR) is 81.0 cm³/mol. The molecule has 2 rings (SSSR count). The summed E-state index contributed by atoms with van der Waals surface area (Å²) in [6, 6.07) is 7.44. The number of hydrogen-bond donors (Lipinski definition) is 0. The minimum absolute atomic E-state index is 0.344. The molecule has 0 heterocycles. The van der Waals surface area contributed by atoms with Crippen molar-refractivity contribution in [2.45, 2.75) is 11.8 Å². The first kappa shape index (κ1) is 14.9. The quantitative estimate of drug-likeness (QED) is 0.410. The molecule has 2 aromatic rings. The monoisotopic (exact) mass is 408 g/mol. The van der Waals surface area contributed by atoms with Crippen LogP contribution in [0.25, 0.3) is 0 Å². The van der Waals surface area contributed by atoms with Gasteiger partial charge in [-0.1, -0.05) is 33.6 Å². The molecule has 0 bridgehead atoms. The Bertz CT molecular complexity index is 609. The van der Waals surface area contributed by atoms with Gasteiger partial charge < -0.3 is 0 Å². The summed E-state index contributed by atoms with van der Waals surface area (Å²) in [6.07, 6.45) is 0. The van der Waals surface area contributed by atoms with Gasteiger partial charge in [0.2, 0.25) is 0 Å². The van der Waals surface area contributed by atoms with Gasteiger partial charge in [0, 0.05) is 10.0 Å². The van der Waals surface area contributed by atoms with Crippen molar-refractivity contribution in [1.82, 2.24) is 0 Å². The van der Waals surface area contributed by atoms with Crippen LogP contribution in [0, 0.1) is 18.6 Å². The Labute approximate surface area is 132 Å². The molecule has 1 unspecified atom stereocenters. The molecular weight excluding hydrogens is 401 g/mol. The largest absolute Gasteiger partial charge is 0.207 e. The molecule has 5 heteroatoms. The summed E-state index contributed by atoms with van der Waals surface area (Å²) in [7, 11) is 0. The van der Waals surface area contributed by atoms with Gasteiger partial charge in [-0.3, -0.25) is 0 Å².